The molecule has 2 rings (SSSR count). The van der Waals surface area contributed by atoms with E-state index >= 15 is 0 Å². The summed E-state index contributed by atoms with van der Waals surface area (Å²) >= 11 is 0. The maximum Gasteiger partial charge on any atom is 0.256 e. The molecule has 0 spiro atoms. The molecule has 1 aliphatic carbocycles. The van der Waals surface area contributed by atoms with Crippen LogP contribution in [0.5, 0.6) is 5.75 Å². The van der Waals surface area contributed by atoms with Crippen molar-refractivity contribution in [1.82, 2.24) is 4.90 Å². The number of anilines is 1. The van der Waals surface area contributed by atoms with E-state index in [0.29, 0.717) is 23.5 Å². The number of para-hydroxylation sites is 1. The number of carbonyl (C=O) groups is 1. The summed E-state index contributed by atoms with van der Waals surface area (Å²) in [5.74, 6) is 0.364. The molecule has 0 bridgehead atoms. The summed E-state index contributed by atoms with van der Waals surface area (Å²) in [6, 6.07) is 5.40. The zero-order chi connectivity index (χ0) is 13.1. The van der Waals surface area contributed by atoms with Crippen LogP contribution in [-0.2, 0) is 0 Å². The lowest BCUT2D eigenvalue weighted by atomic mass is 10.1. The van der Waals surface area contributed by atoms with Crippen LogP contribution >= 0.6 is 0 Å². The SMILES string of the molecule is COc1cccc(C(=O)N(CCO)C2CC2)c1N. The molecule has 1 fully saturated rings. The van der Waals surface area contributed by atoms with Crippen LogP contribution in [0.4, 0.5) is 5.69 Å². The smallest absolute Gasteiger partial charge is 0.256 e. The normalized spacial score (nSPS) is 14.3. The first-order valence-electron chi connectivity index (χ1n) is 6.03. The van der Waals surface area contributed by atoms with Crippen molar-refractivity contribution in [3.05, 3.63) is 23.8 Å². The fourth-order valence-corrected chi connectivity index (χ4v) is 2.01. The fourth-order valence-electron chi connectivity index (χ4n) is 2.01. The Kier molecular flexibility index (Phi) is 3.72. The molecule has 0 aromatic heterocycles. The molecule has 0 radical (unpaired) electrons. The lowest BCUT2D eigenvalue weighted by molar-refractivity contribution is 0.0708. The lowest BCUT2D eigenvalue weighted by Gasteiger charge is -2.22. The third kappa shape index (κ3) is 2.41. The number of carbonyl (C=O) groups excluding carboxylic acids is 1. The maximum absolute atomic E-state index is 12.4. The highest BCUT2D eigenvalue weighted by atomic mass is 16.5. The second-order valence-corrected chi connectivity index (χ2v) is 4.37. The quantitative estimate of drug-likeness (QED) is 0.760. The van der Waals surface area contributed by atoms with Gasteiger partial charge in [0.2, 0.25) is 0 Å². The molecule has 0 aliphatic heterocycles. The summed E-state index contributed by atoms with van der Waals surface area (Å²) in [6.45, 7) is 0.312. The first-order valence-corrected chi connectivity index (χ1v) is 6.03. The zero-order valence-electron chi connectivity index (χ0n) is 10.4. The number of methoxy groups -OCH3 is 1. The van der Waals surface area contributed by atoms with Gasteiger partial charge in [-0.25, -0.2) is 0 Å². The third-order valence-electron chi connectivity index (χ3n) is 3.11. The van der Waals surface area contributed by atoms with E-state index in [-0.39, 0.29) is 18.6 Å². The Morgan fingerprint density at radius 2 is 2.28 bits per heavy atom. The minimum Gasteiger partial charge on any atom is -0.495 e. The predicted octanol–water partition coefficient (Wildman–Crippen LogP) is 0.874. The van der Waals surface area contributed by atoms with E-state index in [0.717, 1.165) is 12.8 Å². The molecule has 0 heterocycles. The minimum absolute atomic E-state index is 0.0356. The molecular weight excluding hydrogens is 232 g/mol. The van der Waals surface area contributed by atoms with Gasteiger partial charge in [-0.05, 0) is 25.0 Å². The molecule has 0 unspecified atom stereocenters. The highest BCUT2D eigenvalue weighted by Gasteiger charge is 2.33. The molecule has 3 N–H and O–H groups in total. The van der Waals surface area contributed by atoms with Crippen molar-refractivity contribution in [3.8, 4) is 5.75 Å². The largest absolute Gasteiger partial charge is 0.495 e. The summed E-state index contributed by atoms with van der Waals surface area (Å²) in [4.78, 5) is 14.1. The van der Waals surface area contributed by atoms with E-state index in [9.17, 15) is 4.79 Å². The predicted molar refractivity (Wildman–Crippen MR) is 68.6 cm³/mol. The Bertz CT molecular complexity index is 444. The van der Waals surface area contributed by atoms with Gasteiger partial charge in [0.15, 0.2) is 0 Å². The van der Waals surface area contributed by atoms with Crippen LogP contribution in [0.25, 0.3) is 0 Å². The molecule has 1 amide bonds. The number of aliphatic hydroxyl groups is 1. The summed E-state index contributed by atoms with van der Waals surface area (Å²) < 4.78 is 5.11. The van der Waals surface area contributed by atoms with Gasteiger partial charge in [-0.15, -0.1) is 0 Å². The number of hydrogen-bond donors (Lipinski definition) is 2. The highest BCUT2D eigenvalue weighted by molar-refractivity contribution is 6.00. The summed E-state index contributed by atoms with van der Waals surface area (Å²) in [7, 11) is 1.52. The Morgan fingerprint density at radius 1 is 1.56 bits per heavy atom. The molecule has 5 heteroatoms. The molecule has 1 aromatic carbocycles. The summed E-state index contributed by atoms with van der Waals surface area (Å²) in [6.07, 6.45) is 1.99. The number of nitrogen functional groups attached to an aromatic ring is 1. The van der Waals surface area contributed by atoms with Gasteiger partial charge in [-0.3, -0.25) is 4.79 Å². The molecule has 0 saturated heterocycles. The Labute approximate surface area is 106 Å². The van der Waals surface area contributed by atoms with Gasteiger partial charge in [0, 0.05) is 12.6 Å². The van der Waals surface area contributed by atoms with E-state index in [1.54, 1.807) is 23.1 Å². The summed E-state index contributed by atoms with van der Waals surface area (Å²) in [5, 5.41) is 9.03. The van der Waals surface area contributed by atoms with E-state index < -0.39 is 0 Å². The van der Waals surface area contributed by atoms with Crippen molar-refractivity contribution in [2.24, 2.45) is 0 Å². The van der Waals surface area contributed by atoms with Crippen LogP contribution in [0.3, 0.4) is 0 Å². The average Bonchev–Trinajstić information content (AvgIpc) is 3.20. The number of rotatable bonds is 5. The van der Waals surface area contributed by atoms with Crippen molar-refractivity contribution >= 4 is 11.6 Å². The number of nitrogens with two attached hydrogens (primary N) is 1. The number of hydrogen-bond acceptors (Lipinski definition) is 4. The number of amides is 1. The maximum atomic E-state index is 12.4. The first kappa shape index (κ1) is 12.7. The second-order valence-electron chi connectivity index (χ2n) is 4.37. The molecule has 98 valence electrons. The Hall–Kier alpha value is -1.75. The van der Waals surface area contributed by atoms with E-state index in [4.69, 9.17) is 15.6 Å². The van der Waals surface area contributed by atoms with Crippen LogP contribution in [0.15, 0.2) is 18.2 Å². The van der Waals surface area contributed by atoms with Crippen molar-refractivity contribution in [1.29, 1.82) is 0 Å². The van der Waals surface area contributed by atoms with E-state index in [1.165, 1.54) is 7.11 Å². The van der Waals surface area contributed by atoms with Gasteiger partial charge in [0.25, 0.3) is 5.91 Å². The molecule has 1 aromatic rings. The number of benzene rings is 1. The minimum atomic E-state index is -0.136. The number of nitrogens with zero attached hydrogens (tertiary/aromatic N) is 1. The molecule has 18 heavy (non-hydrogen) atoms. The van der Waals surface area contributed by atoms with Gasteiger partial charge in [0.1, 0.15) is 5.75 Å². The van der Waals surface area contributed by atoms with Crippen LogP contribution in [0, 0.1) is 0 Å². The van der Waals surface area contributed by atoms with Gasteiger partial charge < -0.3 is 20.5 Å². The van der Waals surface area contributed by atoms with Gasteiger partial charge in [-0.1, -0.05) is 6.07 Å². The topological polar surface area (TPSA) is 75.8 Å². The highest BCUT2D eigenvalue weighted by Crippen LogP contribution is 2.31. The second kappa shape index (κ2) is 5.27. The van der Waals surface area contributed by atoms with Crippen LogP contribution < -0.4 is 10.5 Å². The lowest BCUT2D eigenvalue weighted by Crippen LogP contribution is -2.35. The van der Waals surface area contributed by atoms with Crippen molar-refractivity contribution in [3.63, 3.8) is 0 Å². The Balaban J connectivity index is 2.26. The van der Waals surface area contributed by atoms with Crippen LogP contribution in [0.2, 0.25) is 0 Å². The molecule has 5 nitrogen and oxygen atoms in total. The average molecular weight is 250 g/mol. The molecule has 0 atom stereocenters. The standard InChI is InChI=1S/C13H18N2O3/c1-18-11-4-2-3-10(12(11)14)13(17)15(7-8-16)9-5-6-9/h2-4,9,16H,5-8,14H2,1H3. The van der Waals surface area contributed by atoms with E-state index in [1.807, 2.05) is 0 Å². The van der Waals surface area contributed by atoms with E-state index in [2.05, 4.69) is 0 Å². The zero-order valence-corrected chi connectivity index (χ0v) is 10.4. The molecule has 1 saturated carbocycles. The van der Waals surface area contributed by atoms with Crippen molar-refractivity contribution < 1.29 is 14.6 Å². The van der Waals surface area contributed by atoms with Gasteiger partial charge in [-0.2, -0.15) is 0 Å². The van der Waals surface area contributed by atoms with Crippen LogP contribution in [0.1, 0.15) is 23.2 Å². The van der Waals surface area contributed by atoms with Crippen LogP contribution in [-0.4, -0.2) is 42.2 Å². The van der Waals surface area contributed by atoms with Crippen molar-refractivity contribution in [2.45, 2.75) is 18.9 Å². The van der Waals surface area contributed by atoms with Gasteiger partial charge in [0.05, 0.1) is 25.0 Å². The Morgan fingerprint density at radius 3 is 2.83 bits per heavy atom. The summed E-state index contributed by atoms with van der Waals surface area (Å²) in [5.41, 5.74) is 6.71. The van der Waals surface area contributed by atoms with Gasteiger partial charge >= 0.3 is 0 Å². The third-order valence-corrected chi connectivity index (χ3v) is 3.11. The molecule has 1 aliphatic rings. The van der Waals surface area contributed by atoms with Crippen molar-refractivity contribution in [2.75, 3.05) is 26.0 Å². The molecular formula is C13H18N2O3. The monoisotopic (exact) mass is 250 g/mol. The number of aliphatic hydroxyl groups excluding tert-OH is 1. The fraction of sp³-hybridized carbons (Fsp3) is 0.462. The number of ether oxygens (including phenoxy) is 1. The first-order chi connectivity index (χ1) is 8.69.